The fourth-order valence-corrected chi connectivity index (χ4v) is 1.73. The Hall–Kier alpha value is -0.770. The Bertz CT molecular complexity index is 238. The lowest BCUT2D eigenvalue weighted by Crippen LogP contribution is -2.43. The molecule has 1 atom stereocenters. The van der Waals surface area contributed by atoms with E-state index in [9.17, 15) is 9.90 Å². The molecule has 1 unspecified atom stereocenters. The number of aliphatic hydroxyl groups is 1. The summed E-state index contributed by atoms with van der Waals surface area (Å²) in [6.45, 7) is 2.20. The van der Waals surface area contributed by atoms with Gasteiger partial charge in [-0.2, -0.15) is 17.0 Å². The summed E-state index contributed by atoms with van der Waals surface area (Å²) in [6.07, 6.45) is 1.91. The topological polar surface area (TPSA) is 85.2 Å². The number of carbonyl (C=O) groups is 1. The molecule has 0 saturated heterocycles. The Morgan fingerprint density at radius 2 is 2.33 bits per heavy atom. The van der Waals surface area contributed by atoms with Crippen LogP contribution in [0.2, 0.25) is 0 Å². The quantitative estimate of drug-likeness (QED) is 0.506. The van der Waals surface area contributed by atoms with Crippen LogP contribution in [-0.2, 0) is 4.79 Å². The summed E-state index contributed by atoms with van der Waals surface area (Å²) in [4.78, 5) is 11.0. The second-order valence-electron chi connectivity index (χ2n) is 3.47. The number of rotatable bonds is 7. The van der Waals surface area contributed by atoms with E-state index in [-0.39, 0.29) is 19.0 Å². The summed E-state index contributed by atoms with van der Waals surface area (Å²) >= 11 is 1.55. The molecule has 0 aromatic heterocycles. The highest BCUT2D eigenvalue weighted by Gasteiger charge is 2.18. The molecule has 6 heteroatoms. The molecule has 0 aliphatic rings. The van der Waals surface area contributed by atoms with Crippen molar-refractivity contribution < 1.29 is 9.90 Å². The van der Waals surface area contributed by atoms with E-state index in [1.165, 1.54) is 0 Å². The predicted octanol–water partition coefficient (Wildman–Crippen LogP) is -0.670. The molecule has 3 N–H and O–H groups in total. The largest absolute Gasteiger partial charge is 0.388 e. The van der Waals surface area contributed by atoms with E-state index < -0.39 is 5.60 Å². The van der Waals surface area contributed by atoms with Gasteiger partial charge >= 0.3 is 0 Å². The number of carbonyl (C=O) groups excluding carboxylic acids is 1. The zero-order valence-corrected chi connectivity index (χ0v) is 9.86. The average Bonchev–Trinajstić information content (AvgIpc) is 2.14. The van der Waals surface area contributed by atoms with E-state index in [2.05, 4.69) is 10.6 Å². The zero-order chi connectivity index (χ0) is 11.7. The number of nitriles is 1. The molecule has 5 nitrogen and oxygen atoms in total. The molecule has 0 fully saturated rings. The van der Waals surface area contributed by atoms with Crippen LogP contribution in [0.15, 0.2) is 0 Å². The maximum absolute atomic E-state index is 11.0. The Morgan fingerprint density at radius 1 is 1.67 bits per heavy atom. The molecule has 0 rings (SSSR count). The normalized spacial score (nSPS) is 14.0. The van der Waals surface area contributed by atoms with Gasteiger partial charge in [0.05, 0.1) is 18.2 Å². The second kappa shape index (κ2) is 7.51. The fourth-order valence-electron chi connectivity index (χ4n) is 1.01. The molecule has 0 heterocycles. The average molecular weight is 231 g/mol. The first-order valence-corrected chi connectivity index (χ1v) is 5.97. The molecule has 0 aliphatic carbocycles. The van der Waals surface area contributed by atoms with Crippen LogP contribution in [0.4, 0.5) is 0 Å². The third kappa shape index (κ3) is 8.24. The molecule has 0 aliphatic heterocycles. The number of amides is 1. The van der Waals surface area contributed by atoms with Gasteiger partial charge in [0, 0.05) is 12.3 Å². The minimum absolute atomic E-state index is 0.0156. The zero-order valence-electron chi connectivity index (χ0n) is 9.04. The van der Waals surface area contributed by atoms with Crippen molar-refractivity contribution in [3.63, 3.8) is 0 Å². The van der Waals surface area contributed by atoms with E-state index in [4.69, 9.17) is 5.26 Å². The molecular weight excluding hydrogens is 214 g/mol. The predicted molar refractivity (Wildman–Crippen MR) is 60.5 cm³/mol. The summed E-state index contributed by atoms with van der Waals surface area (Å²) < 4.78 is 0. The van der Waals surface area contributed by atoms with Crippen molar-refractivity contribution in [1.29, 1.82) is 5.26 Å². The third-order valence-electron chi connectivity index (χ3n) is 1.61. The van der Waals surface area contributed by atoms with E-state index >= 15 is 0 Å². The molecule has 0 spiro atoms. The minimum atomic E-state index is -0.811. The van der Waals surface area contributed by atoms with Crippen LogP contribution in [0.25, 0.3) is 0 Å². The van der Waals surface area contributed by atoms with Gasteiger partial charge < -0.3 is 15.7 Å². The van der Waals surface area contributed by atoms with Crippen molar-refractivity contribution in [1.82, 2.24) is 10.6 Å². The maximum Gasteiger partial charge on any atom is 0.234 e. The Kier molecular flexibility index (Phi) is 7.13. The van der Waals surface area contributed by atoms with Crippen LogP contribution < -0.4 is 10.6 Å². The van der Waals surface area contributed by atoms with Crippen LogP contribution in [-0.4, -0.2) is 48.3 Å². The van der Waals surface area contributed by atoms with Gasteiger partial charge in [0.15, 0.2) is 0 Å². The molecule has 0 aromatic carbocycles. The summed E-state index contributed by atoms with van der Waals surface area (Å²) in [5.41, 5.74) is -0.811. The number of nitrogens with zero attached hydrogens (tertiary/aromatic N) is 1. The molecule has 15 heavy (non-hydrogen) atoms. The van der Waals surface area contributed by atoms with E-state index in [0.717, 1.165) is 0 Å². The molecular formula is C9H17N3O2S. The van der Waals surface area contributed by atoms with Crippen LogP contribution in [0.3, 0.4) is 0 Å². The molecule has 0 saturated carbocycles. The van der Waals surface area contributed by atoms with Crippen LogP contribution in [0.5, 0.6) is 0 Å². The van der Waals surface area contributed by atoms with Crippen LogP contribution in [0.1, 0.15) is 6.92 Å². The number of hydrogen-bond donors (Lipinski definition) is 3. The van der Waals surface area contributed by atoms with Gasteiger partial charge in [-0.05, 0) is 13.2 Å². The molecule has 0 bridgehead atoms. The maximum atomic E-state index is 11.0. The highest BCUT2D eigenvalue weighted by molar-refractivity contribution is 7.98. The van der Waals surface area contributed by atoms with Crippen LogP contribution >= 0.6 is 11.8 Å². The molecule has 0 aromatic rings. The molecule has 1 amide bonds. The molecule has 86 valence electrons. The van der Waals surface area contributed by atoms with Gasteiger partial charge in [-0.1, -0.05) is 0 Å². The monoisotopic (exact) mass is 231 g/mol. The standard InChI is InChI=1S/C9H17N3O2S/c1-9(14,7-15-2)6-11-5-8(13)12-4-3-10/h11,14H,4-7H2,1-2H3,(H,12,13). The fraction of sp³-hybridized carbons (Fsp3) is 0.778. The Labute approximate surface area is 94.2 Å². The van der Waals surface area contributed by atoms with E-state index in [0.29, 0.717) is 12.3 Å². The second-order valence-corrected chi connectivity index (χ2v) is 4.33. The number of thioether (sulfide) groups is 1. The van der Waals surface area contributed by atoms with E-state index in [1.54, 1.807) is 18.7 Å². The third-order valence-corrected chi connectivity index (χ3v) is 2.52. The summed E-state index contributed by atoms with van der Waals surface area (Å²) in [6, 6.07) is 1.81. The first-order chi connectivity index (χ1) is 7.02. The first kappa shape index (κ1) is 14.2. The van der Waals surface area contributed by atoms with Gasteiger partial charge in [0.1, 0.15) is 6.54 Å². The van der Waals surface area contributed by atoms with Crippen LogP contribution in [0, 0.1) is 11.3 Å². The highest BCUT2D eigenvalue weighted by atomic mass is 32.2. The first-order valence-electron chi connectivity index (χ1n) is 4.57. The number of hydrogen-bond acceptors (Lipinski definition) is 5. The smallest absolute Gasteiger partial charge is 0.234 e. The van der Waals surface area contributed by atoms with Gasteiger partial charge in [-0.15, -0.1) is 0 Å². The Balaban J connectivity index is 3.61. The summed E-state index contributed by atoms with van der Waals surface area (Å²) in [5.74, 6) is 0.372. The lowest BCUT2D eigenvalue weighted by atomic mass is 10.1. The van der Waals surface area contributed by atoms with Crippen molar-refractivity contribution >= 4 is 17.7 Å². The van der Waals surface area contributed by atoms with Gasteiger partial charge in [0.2, 0.25) is 5.91 Å². The highest BCUT2D eigenvalue weighted by Crippen LogP contribution is 2.08. The number of nitrogens with one attached hydrogen (secondary N) is 2. The minimum Gasteiger partial charge on any atom is -0.388 e. The van der Waals surface area contributed by atoms with Crippen molar-refractivity contribution in [2.75, 3.05) is 31.6 Å². The molecule has 0 radical (unpaired) electrons. The van der Waals surface area contributed by atoms with Gasteiger partial charge in [-0.25, -0.2) is 0 Å². The van der Waals surface area contributed by atoms with E-state index in [1.807, 2.05) is 12.3 Å². The lowest BCUT2D eigenvalue weighted by molar-refractivity contribution is -0.120. The van der Waals surface area contributed by atoms with Crippen molar-refractivity contribution in [3.8, 4) is 6.07 Å². The summed E-state index contributed by atoms with van der Waals surface area (Å²) in [7, 11) is 0. The SMILES string of the molecule is CSCC(C)(O)CNCC(=O)NCC#N. The van der Waals surface area contributed by atoms with Gasteiger partial charge in [-0.3, -0.25) is 4.79 Å². The van der Waals surface area contributed by atoms with Crippen molar-refractivity contribution in [2.45, 2.75) is 12.5 Å². The van der Waals surface area contributed by atoms with Crippen molar-refractivity contribution in [3.05, 3.63) is 0 Å². The summed E-state index contributed by atoms with van der Waals surface area (Å²) in [5, 5.41) is 23.2. The lowest BCUT2D eigenvalue weighted by Gasteiger charge is -2.22. The Morgan fingerprint density at radius 3 is 2.87 bits per heavy atom. The van der Waals surface area contributed by atoms with Gasteiger partial charge in [0.25, 0.3) is 0 Å². The van der Waals surface area contributed by atoms with Crippen molar-refractivity contribution in [2.24, 2.45) is 0 Å².